The summed E-state index contributed by atoms with van der Waals surface area (Å²) in [5.74, 6) is -0.0223. The van der Waals surface area contributed by atoms with E-state index in [0.717, 1.165) is 12.0 Å². The highest BCUT2D eigenvalue weighted by Gasteiger charge is 2.80. The zero-order chi connectivity index (χ0) is 19.4. The number of rotatable bonds is 1. The predicted molar refractivity (Wildman–Crippen MR) is 143 cm³/mol. The Bertz CT molecular complexity index is 748. The number of Topliss-reactive ketones (excluding diaryl/α,β-unsaturated/α-hetero) is 1. The molecule has 2 fully saturated rings. The van der Waals surface area contributed by atoms with E-state index in [2.05, 4.69) is 47.6 Å². The van der Waals surface area contributed by atoms with Gasteiger partial charge in [0.15, 0.2) is 5.78 Å². The number of carbonyl (C=O) groups excluding carboxylic acids is 1. The smallest absolute Gasteiger partial charge is 0.190 e. The molecule has 0 aromatic carbocycles. The van der Waals surface area contributed by atoms with Gasteiger partial charge >= 0.3 is 0 Å². The molecule has 3 heteroatoms. The normalized spacial score (nSPS) is 44.3. The molecule has 0 aromatic heterocycles. The first-order valence-electron chi connectivity index (χ1n) is 10.3. The van der Waals surface area contributed by atoms with Crippen LogP contribution in [0, 0.1) is 40.4 Å². The third kappa shape index (κ3) is 3.49. The summed E-state index contributed by atoms with van der Waals surface area (Å²) >= 11 is 0. The Balaban J connectivity index is -0.00000140. The van der Waals surface area contributed by atoms with Crippen LogP contribution in [0.25, 0.3) is 0 Å². The van der Waals surface area contributed by atoms with Gasteiger partial charge in [0.05, 0.1) is 5.60 Å². The molecule has 2 N–H and O–H groups in total. The minimum atomic E-state index is -1.49. The average Bonchev–Trinajstić information content (AvgIpc) is 2.97. The molecule has 4 rings (SSSR count). The van der Waals surface area contributed by atoms with Crippen LogP contribution in [0.5, 0.6) is 0 Å². The number of fused-ring (bicyclic) bond motifs is 5. The SMILES string of the molecule is C.C.C.C.C.C.CCC1=C[C@H]2[C@@H]3C(C)(C)[C@]3(C)[C@H](C)[C@@H](C)[C@]2(O)[C@@H]2C=C(C)C(=O)[C@@]2(O)C1. The maximum Gasteiger partial charge on any atom is 0.190 e. The first kappa shape index (κ1) is 35.7. The molecule has 0 aromatic rings. The summed E-state index contributed by atoms with van der Waals surface area (Å²) in [5.41, 5.74) is -0.531. The van der Waals surface area contributed by atoms with E-state index in [-0.39, 0.29) is 73.0 Å². The second kappa shape index (κ2) is 9.74. The van der Waals surface area contributed by atoms with Crippen molar-refractivity contribution >= 4 is 5.78 Å². The van der Waals surface area contributed by atoms with Gasteiger partial charge in [0.25, 0.3) is 0 Å². The molecule has 8 atom stereocenters. The van der Waals surface area contributed by atoms with Gasteiger partial charge < -0.3 is 10.2 Å². The summed E-state index contributed by atoms with van der Waals surface area (Å²) in [5, 5.41) is 23.8. The van der Waals surface area contributed by atoms with Gasteiger partial charge in [-0.15, -0.1) is 0 Å². The molecule has 0 radical (unpaired) electrons. The van der Waals surface area contributed by atoms with Crippen molar-refractivity contribution in [3.05, 3.63) is 23.3 Å². The first-order valence-corrected chi connectivity index (χ1v) is 10.3. The van der Waals surface area contributed by atoms with Gasteiger partial charge in [-0.05, 0) is 47.5 Å². The molecular weight excluding hydrogens is 396 g/mol. The monoisotopic (exact) mass is 454 g/mol. The van der Waals surface area contributed by atoms with Crippen molar-refractivity contribution in [3.8, 4) is 0 Å². The van der Waals surface area contributed by atoms with Gasteiger partial charge in [0.1, 0.15) is 5.60 Å². The second-order valence-electron chi connectivity index (χ2n) is 10.4. The first-order chi connectivity index (χ1) is 11.9. The number of hydrogen-bond acceptors (Lipinski definition) is 3. The fourth-order valence-corrected chi connectivity index (χ4v) is 7.52. The lowest BCUT2D eigenvalue weighted by Gasteiger charge is -2.53. The molecule has 32 heavy (non-hydrogen) atoms. The summed E-state index contributed by atoms with van der Waals surface area (Å²) in [6.07, 6.45) is 5.28. The molecule has 0 amide bonds. The number of ketones is 1. The minimum Gasteiger partial charge on any atom is -0.388 e. The molecule has 0 aliphatic heterocycles. The van der Waals surface area contributed by atoms with E-state index in [9.17, 15) is 15.0 Å². The summed E-state index contributed by atoms with van der Waals surface area (Å²) in [6.45, 7) is 15.3. The summed E-state index contributed by atoms with van der Waals surface area (Å²) in [4.78, 5) is 12.9. The van der Waals surface area contributed by atoms with Crippen molar-refractivity contribution in [2.75, 3.05) is 0 Å². The Kier molecular flexibility index (Phi) is 10.9. The molecule has 192 valence electrons. The van der Waals surface area contributed by atoms with Crippen LogP contribution >= 0.6 is 0 Å². The summed E-state index contributed by atoms with van der Waals surface area (Å²) in [6, 6.07) is 0. The van der Waals surface area contributed by atoms with E-state index in [4.69, 9.17) is 0 Å². The molecule has 0 saturated heterocycles. The maximum absolute atomic E-state index is 12.9. The fourth-order valence-electron chi connectivity index (χ4n) is 7.52. The van der Waals surface area contributed by atoms with Gasteiger partial charge in [0.2, 0.25) is 0 Å². The summed E-state index contributed by atoms with van der Waals surface area (Å²) < 4.78 is 0. The Morgan fingerprint density at radius 3 is 1.91 bits per heavy atom. The second-order valence-corrected chi connectivity index (χ2v) is 10.4. The van der Waals surface area contributed by atoms with Crippen LogP contribution in [0.2, 0.25) is 0 Å². The van der Waals surface area contributed by atoms with Crippen LogP contribution in [0.15, 0.2) is 23.3 Å². The van der Waals surface area contributed by atoms with Crippen LogP contribution in [0.4, 0.5) is 0 Å². The third-order valence-corrected chi connectivity index (χ3v) is 9.59. The lowest BCUT2D eigenvalue weighted by molar-refractivity contribution is -0.181. The van der Waals surface area contributed by atoms with Gasteiger partial charge in [-0.2, -0.15) is 0 Å². The maximum atomic E-state index is 12.9. The van der Waals surface area contributed by atoms with E-state index in [1.165, 1.54) is 0 Å². The zero-order valence-corrected chi connectivity index (χ0v) is 17.3. The van der Waals surface area contributed by atoms with Crippen LogP contribution in [-0.2, 0) is 4.79 Å². The van der Waals surface area contributed by atoms with Gasteiger partial charge in [-0.3, -0.25) is 4.79 Å². The zero-order valence-electron chi connectivity index (χ0n) is 17.3. The number of carbonyl (C=O) groups is 1. The van der Waals surface area contributed by atoms with E-state index >= 15 is 0 Å². The Morgan fingerprint density at radius 1 is 0.938 bits per heavy atom. The van der Waals surface area contributed by atoms with Crippen LogP contribution in [-0.4, -0.2) is 27.2 Å². The highest BCUT2D eigenvalue weighted by molar-refractivity contribution is 6.04. The van der Waals surface area contributed by atoms with E-state index in [1.54, 1.807) is 6.92 Å². The largest absolute Gasteiger partial charge is 0.388 e. The summed E-state index contributed by atoms with van der Waals surface area (Å²) in [7, 11) is 0. The predicted octanol–water partition coefficient (Wildman–Crippen LogP) is 7.71. The topological polar surface area (TPSA) is 57.5 Å². The quantitative estimate of drug-likeness (QED) is 0.399. The molecule has 0 bridgehead atoms. The molecule has 0 spiro atoms. The molecule has 0 heterocycles. The Morgan fingerprint density at radius 2 is 1.44 bits per heavy atom. The fraction of sp³-hybridized carbons (Fsp3) is 0.828. The van der Waals surface area contributed by atoms with Crippen molar-refractivity contribution in [2.24, 2.45) is 40.4 Å². The number of hydrogen-bond donors (Lipinski definition) is 2. The van der Waals surface area contributed by atoms with Crippen molar-refractivity contribution in [2.45, 2.75) is 117 Å². The van der Waals surface area contributed by atoms with E-state index in [0.29, 0.717) is 23.8 Å². The standard InChI is InChI=1S/C23H34O3.6CH4/c1-8-15-10-16-18-20(5,6)21(18,7)13(3)14(4)23(16,26)17-9-12(2)19(24)22(17,25)11-15;;;;;;/h9-10,13-14,16-18,25-26H,8,11H2,1-7H3;6*1H4/t13-,14-,16+,17-,18-,21-,22-,23-;;;;;;/m1....../s1. The minimum absolute atomic E-state index is 0. The third-order valence-electron chi connectivity index (χ3n) is 9.59. The molecule has 4 aliphatic carbocycles. The Labute approximate surface area is 201 Å². The van der Waals surface area contributed by atoms with Crippen molar-refractivity contribution < 1.29 is 15.0 Å². The lowest BCUT2D eigenvalue weighted by Crippen LogP contribution is -2.61. The highest BCUT2D eigenvalue weighted by Crippen LogP contribution is 2.81. The van der Waals surface area contributed by atoms with Crippen molar-refractivity contribution in [3.63, 3.8) is 0 Å². The average molecular weight is 455 g/mol. The van der Waals surface area contributed by atoms with Gasteiger partial charge in [-0.25, -0.2) is 0 Å². The van der Waals surface area contributed by atoms with E-state index < -0.39 is 17.1 Å². The van der Waals surface area contributed by atoms with Crippen molar-refractivity contribution in [1.29, 1.82) is 0 Å². The van der Waals surface area contributed by atoms with E-state index in [1.807, 2.05) is 6.08 Å². The van der Waals surface area contributed by atoms with Crippen LogP contribution in [0.3, 0.4) is 0 Å². The molecule has 3 nitrogen and oxygen atoms in total. The highest BCUT2D eigenvalue weighted by atomic mass is 16.3. The van der Waals surface area contributed by atoms with Gasteiger partial charge in [0, 0.05) is 18.3 Å². The molecule has 4 aliphatic rings. The lowest BCUT2D eigenvalue weighted by atomic mass is 9.55. The van der Waals surface area contributed by atoms with Crippen LogP contribution < -0.4 is 0 Å². The molecule has 2 saturated carbocycles. The van der Waals surface area contributed by atoms with Crippen LogP contribution in [0.1, 0.15) is 106 Å². The van der Waals surface area contributed by atoms with Gasteiger partial charge in [-0.1, -0.05) is 104 Å². The molecule has 0 unspecified atom stereocenters. The Hall–Kier alpha value is -0.930. The van der Waals surface area contributed by atoms with Crippen molar-refractivity contribution in [1.82, 2.24) is 0 Å². The molecular formula is C29H58O3. The number of aliphatic hydroxyl groups is 2.